The molecule has 2 aromatic heterocycles. The van der Waals surface area contributed by atoms with Crippen LogP contribution in [0.25, 0.3) is 28.2 Å². The van der Waals surface area contributed by atoms with Crippen LogP contribution >= 0.6 is 0 Å². The first-order valence-electron chi connectivity index (χ1n) is 10.8. The van der Waals surface area contributed by atoms with Crippen molar-refractivity contribution in [1.82, 2.24) is 19.7 Å². The van der Waals surface area contributed by atoms with Gasteiger partial charge in [-0.3, -0.25) is 4.40 Å². The number of methoxy groups -OCH3 is 1. The zero-order valence-corrected chi connectivity index (χ0v) is 18.1. The van der Waals surface area contributed by atoms with Crippen LogP contribution in [0, 0.1) is 11.6 Å². The third-order valence-corrected chi connectivity index (χ3v) is 5.92. The van der Waals surface area contributed by atoms with Gasteiger partial charge in [-0.05, 0) is 49.7 Å². The molecule has 1 fully saturated rings. The first-order chi connectivity index (χ1) is 16.0. The van der Waals surface area contributed by atoms with Crippen LogP contribution in [0.15, 0.2) is 48.8 Å². The highest BCUT2D eigenvalue weighted by molar-refractivity contribution is 5.85. The maximum Gasteiger partial charge on any atom is 0.181 e. The molecule has 0 amide bonds. The van der Waals surface area contributed by atoms with Crippen molar-refractivity contribution in [2.45, 2.75) is 18.9 Å². The molecule has 0 spiro atoms. The zero-order valence-electron chi connectivity index (χ0n) is 18.1. The lowest BCUT2D eigenvalue weighted by Gasteiger charge is -2.12. The number of nitrogen functional groups attached to an aromatic ring is 1. The number of nitrogens with zero attached hydrogens (tertiary/aromatic N) is 3. The second-order valence-electron chi connectivity index (χ2n) is 8.04. The van der Waals surface area contributed by atoms with Gasteiger partial charge >= 0.3 is 0 Å². The summed E-state index contributed by atoms with van der Waals surface area (Å²) in [6, 6.07) is 9.59. The molecule has 33 heavy (non-hydrogen) atoms. The number of nitrogens with one attached hydrogen (secondary N) is 2. The summed E-state index contributed by atoms with van der Waals surface area (Å²) in [5.74, 6) is -0.302. The lowest BCUT2D eigenvalue weighted by Crippen LogP contribution is -2.29. The number of rotatable bonds is 6. The summed E-state index contributed by atoms with van der Waals surface area (Å²) in [6.07, 6.45) is 5.66. The molecule has 1 saturated heterocycles. The van der Waals surface area contributed by atoms with Gasteiger partial charge in [0.15, 0.2) is 23.0 Å². The molecule has 0 saturated carbocycles. The molecule has 170 valence electrons. The third-order valence-electron chi connectivity index (χ3n) is 5.92. The van der Waals surface area contributed by atoms with E-state index in [1.165, 1.54) is 25.3 Å². The summed E-state index contributed by atoms with van der Waals surface area (Å²) in [5, 5.41) is 6.83. The van der Waals surface area contributed by atoms with Gasteiger partial charge in [0, 0.05) is 36.1 Å². The minimum atomic E-state index is -0.541. The number of imidazole rings is 1. The quantitative estimate of drug-likeness (QED) is 0.384. The second kappa shape index (κ2) is 8.67. The lowest BCUT2D eigenvalue weighted by molar-refractivity contribution is 0.386. The number of anilines is 2. The van der Waals surface area contributed by atoms with Crippen molar-refractivity contribution in [1.29, 1.82) is 0 Å². The molecule has 7 nitrogen and oxygen atoms in total. The molecular formula is C24H24F2N6O. The van der Waals surface area contributed by atoms with Crippen molar-refractivity contribution in [2.75, 3.05) is 31.2 Å². The monoisotopic (exact) mass is 450 g/mol. The Morgan fingerprint density at radius 2 is 2.00 bits per heavy atom. The first kappa shape index (κ1) is 21.1. The fraction of sp³-hybridized carbons (Fsp3) is 0.250. The molecule has 0 aliphatic carbocycles. The van der Waals surface area contributed by atoms with Crippen molar-refractivity contribution in [2.24, 2.45) is 0 Å². The molecule has 4 N–H and O–H groups in total. The van der Waals surface area contributed by atoms with Crippen LogP contribution in [0.4, 0.5) is 20.3 Å². The molecule has 4 aromatic rings. The summed E-state index contributed by atoms with van der Waals surface area (Å²) in [4.78, 5) is 9.28. The molecule has 2 aromatic carbocycles. The Labute approximate surface area is 189 Å². The summed E-state index contributed by atoms with van der Waals surface area (Å²) < 4.78 is 35.8. The van der Waals surface area contributed by atoms with E-state index in [1.54, 1.807) is 30.6 Å². The fourth-order valence-electron chi connectivity index (χ4n) is 4.22. The van der Waals surface area contributed by atoms with Crippen molar-refractivity contribution in [3.05, 3.63) is 60.4 Å². The maximum absolute atomic E-state index is 14.6. The molecule has 1 atom stereocenters. The first-order valence-corrected chi connectivity index (χ1v) is 10.8. The maximum atomic E-state index is 14.6. The summed E-state index contributed by atoms with van der Waals surface area (Å²) in [7, 11) is 1.41. The van der Waals surface area contributed by atoms with Crippen molar-refractivity contribution in [3.63, 3.8) is 0 Å². The van der Waals surface area contributed by atoms with Gasteiger partial charge in [0.2, 0.25) is 0 Å². The smallest absolute Gasteiger partial charge is 0.181 e. The summed E-state index contributed by atoms with van der Waals surface area (Å²) >= 11 is 0. The number of benzene rings is 2. The molecular weight excluding hydrogens is 426 g/mol. The molecule has 0 radical (unpaired) electrons. The third kappa shape index (κ3) is 3.95. The average molecular weight is 450 g/mol. The highest BCUT2D eigenvalue weighted by Gasteiger charge is 2.21. The van der Waals surface area contributed by atoms with Crippen LogP contribution in [-0.4, -0.2) is 40.6 Å². The van der Waals surface area contributed by atoms with Crippen LogP contribution < -0.4 is 21.1 Å². The standard InChI is InChI=1S/C24H24F2N6O/c1-33-20-7-5-15(12-18(20)26)22-21(14-4-6-19(27)17(25)11-14)31-24-23(29-9-10-32(22)24)30-13-16-3-2-8-28-16/h4-7,9-12,16,28H,2-3,8,13,27H2,1H3,(H,29,30). The Hall–Kier alpha value is -3.72. The van der Waals surface area contributed by atoms with Crippen molar-refractivity contribution >= 4 is 17.2 Å². The van der Waals surface area contributed by atoms with Gasteiger partial charge in [0.1, 0.15) is 5.82 Å². The van der Waals surface area contributed by atoms with E-state index in [1.807, 2.05) is 4.40 Å². The Morgan fingerprint density at radius 3 is 2.73 bits per heavy atom. The molecule has 1 aliphatic heterocycles. The summed E-state index contributed by atoms with van der Waals surface area (Å²) in [6.45, 7) is 1.71. The van der Waals surface area contributed by atoms with Crippen LogP contribution in [0.5, 0.6) is 5.75 Å². The Balaban J connectivity index is 1.67. The topological polar surface area (TPSA) is 89.5 Å². The van der Waals surface area contributed by atoms with Gasteiger partial charge in [-0.2, -0.15) is 0 Å². The van der Waals surface area contributed by atoms with Crippen LogP contribution in [0.1, 0.15) is 12.8 Å². The molecule has 5 rings (SSSR count). The fourth-order valence-corrected chi connectivity index (χ4v) is 4.22. The number of hydrogen-bond acceptors (Lipinski definition) is 6. The predicted octanol–water partition coefficient (Wildman–Crippen LogP) is 4.10. The van der Waals surface area contributed by atoms with Crippen LogP contribution in [0.2, 0.25) is 0 Å². The number of halogens is 2. The Bertz CT molecular complexity index is 1320. The number of aromatic nitrogens is 3. The van der Waals surface area contributed by atoms with Gasteiger partial charge in [0.25, 0.3) is 0 Å². The van der Waals surface area contributed by atoms with E-state index in [-0.39, 0.29) is 11.4 Å². The zero-order chi connectivity index (χ0) is 22.9. The Morgan fingerprint density at radius 1 is 1.18 bits per heavy atom. The Kier molecular flexibility index (Phi) is 5.55. The SMILES string of the molecule is COc1ccc(-c2c(-c3ccc(N)c(F)c3)nc3c(NCC4CCCN4)nccn23)cc1F. The second-order valence-corrected chi connectivity index (χ2v) is 8.04. The highest BCUT2D eigenvalue weighted by atomic mass is 19.1. The normalized spacial score (nSPS) is 15.8. The van der Waals surface area contributed by atoms with Gasteiger partial charge in [0.05, 0.1) is 24.2 Å². The van der Waals surface area contributed by atoms with Gasteiger partial charge in [-0.15, -0.1) is 0 Å². The van der Waals surface area contributed by atoms with Gasteiger partial charge in [-0.25, -0.2) is 18.7 Å². The minimum Gasteiger partial charge on any atom is -0.494 e. The van der Waals surface area contributed by atoms with Crippen molar-refractivity contribution < 1.29 is 13.5 Å². The van der Waals surface area contributed by atoms with Gasteiger partial charge < -0.3 is 21.1 Å². The van der Waals surface area contributed by atoms with Crippen LogP contribution in [-0.2, 0) is 0 Å². The van der Waals surface area contributed by atoms with Gasteiger partial charge in [-0.1, -0.05) is 6.07 Å². The van der Waals surface area contributed by atoms with E-state index >= 15 is 0 Å². The summed E-state index contributed by atoms with van der Waals surface area (Å²) in [5.41, 5.74) is 8.49. The number of fused-ring (bicyclic) bond motifs is 1. The van der Waals surface area contributed by atoms with E-state index in [2.05, 4.69) is 15.6 Å². The molecule has 0 bridgehead atoms. The predicted molar refractivity (Wildman–Crippen MR) is 124 cm³/mol. The molecule has 1 aliphatic rings. The van der Waals surface area contributed by atoms with Crippen LogP contribution in [0.3, 0.4) is 0 Å². The van der Waals surface area contributed by atoms with E-state index in [4.69, 9.17) is 15.5 Å². The molecule has 9 heteroatoms. The molecule has 1 unspecified atom stereocenters. The average Bonchev–Trinajstić information content (AvgIpc) is 3.47. The van der Waals surface area contributed by atoms with E-state index < -0.39 is 11.6 Å². The lowest BCUT2D eigenvalue weighted by atomic mass is 10.0. The van der Waals surface area contributed by atoms with Crippen molar-refractivity contribution in [3.8, 4) is 28.3 Å². The van der Waals surface area contributed by atoms with E-state index in [0.29, 0.717) is 46.6 Å². The number of nitrogens with two attached hydrogens (primary N) is 1. The van der Waals surface area contributed by atoms with E-state index in [9.17, 15) is 8.78 Å². The van der Waals surface area contributed by atoms with E-state index in [0.717, 1.165) is 19.4 Å². The minimum absolute atomic E-state index is 0.0487. The molecule has 3 heterocycles. The largest absolute Gasteiger partial charge is 0.494 e. The highest BCUT2D eigenvalue weighted by Crippen LogP contribution is 2.36. The number of hydrogen-bond donors (Lipinski definition) is 3. The number of ether oxygens (including phenoxy) is 1.